The Kier molecular flexibility index (Phi) is 6.51. The summed E-state index contributed by atoms with van der Waals surface area (Å²) in [6, 6.07) is 14.2. The second kappa shape index (κ2) is 9.29. The Hall–Kier alpha value is -2.22. The number of nitrogens with one attached hydrogen (secondary N) is 1. The van der Waals surface area contributed by atoms with Crippen molar-refractivity contribution in [3.8, 4) is 0 Å². The summed E-state index contributed by atoms with van der Waals surface area (Å²) < 4.78 is 32.0. The zero-order valence-electron chi connectivity index (χ0n) is 17.0. The van der Waals surface area contributed by atoms with Crippen molar-refractivity contribution in [2.75, 3.05) is 31.6 Å². The second-order valence-corrected chi connectivity index (χ2v) is 9.89. The average Bonchev–Trinajstić information content (AvgIpc) is 2.81. The number of carbonyl (C=O) groups excluding carboxylic acids is 1. The Labute approximate surface area is 178 Å². The predicted octanol–water partition coefficient (Wildman–Crippen LogP) is 4.01. The largest absolute Gasteiger partial charge is 0.379 e. The van der Waals surface area contributed by atoms with Crippen LogP contribution in [0.25, 0.3) is 0 Å². The summed E-state index contributed by atoms with van der Waals surface area (Å²) >= 11 is 0. The molecule has 0 atom stereocenters. The van der Waals surface area contributed by atoms with Gasteiger partial charge in [-0.25, -0.2) is 8.42 Å². The van der Waals surface area contributed by atoms with E-state index >= 15 is 0 Å². The molecule has 4 rings (SSSR count). The summed E-state index contributed by atoms with van der Waals surface area (Å²) in [6.45, 7) is 1.50. The van der Waals surface area contributed by atoms with Crippen LogP contribution in [0.15, 0.2) is 53.4 Å². The summed E-state index contributed by atoms with van der Waals surface area (Å²) in [5.41, 5.74) is 2.50. The number of hydrogen-bond donors (Lipinski definition) is 1. The number of ether oxygens (including phenoxy) is 1. The number of hydrogen-bond acceptors (Lipinski definition) is 4. The molecule has 1 aliphatic carbocycles. The Balaban J connectivity index is 1.40. The molecule has 7 heteroatoms. The minimum atomic E-state index is -3.56. The number of sulfonamides is 1. The van der Waals surface area contributed by atoms with Gasteiger partial charge in [0.15, 0.2) is 0 Å². The summed E-state index contributed by atoms with van der Waals surface area (Å²) in [6.07, 6.45) is 6.40. The van der Waals surface area contributed by atoms with Crippen LogP contribution in [0.5, 0.6) is 0 Å². The van der Waals surface area contributed by atoms with Crippen LogP contribution >= 0.6 is 0 Å². The van der Waals surface area contributed by atoms with Gasteiger partial charge in [0.25, 0.3) is 5.91 Å². The average molecular weight is 429 g/mol. The van der Waals surface area contributed by atoms with E-state index in [0.717, 1.165) is 5.69 Å². The number of anilines is 1. The Morgan fingerprint density at radius 2 is 1.53 bits per heavy atom. The number of rotatable bonds is 5. The molecule has 2 fully saturated rings. The highest BCUT2D eigenvalue weighted by atomic mass is 32.2. The van der Waals surface area contributed by atoms with E-state index in [0.29, 0.717) is 37.8 Å². The maximum atomic E-state index is 12.7. The van der Waals surface area contributed by atoms with Crippen LogP contribution in [-0.2, 0) is 14.8 Å². The van der Waals surface area contributed by atoms with Crippen molar-refractivity contribution in [1.82, 2.24) is 4.31 Å². The molecular formula is C23H28N2O4S. The van der Waals surface area contributed by atoms with Gasteiger partial charge in [-0.05, 0) is 60.7 Å². The lowest BCUT2D eigenvalue weighted by Gasteiger charge is -2.26. The standard InChI is InChI=1S/C23H28N2O4S/c26-23(24-21-10-6-19(7-11-21)18-4-2-1-3-5-18)20-8-12-22(13-9-20)30(27,28)25-14-16-29-17-15-25/h6-13,18H,1-5,14-17H2,(H,24,26). The summed E-state index contributed by atoms with van der Waals surface area (Å²) in [7, 11) is -3.56. The maximum Gasteiger partial charge on any atom is 0.255 e. The van der Waals surface area contributed by atoms with E-state index in [1.54, 1.807) is 12.1 Å². The van der Waals surface area contributed by atoms with Crippen molar-refractivity contribution in [2.45, 2.75) is 42.9 Å². The first kappa shape index (κ1) is 21.0. The fourth-order valence-electron chi connectivity index (χ4n) is 4.19. The zero-order chi connectivity index (χ0) is 21.0. The van der Waals surface area contributed by atoms with E-state index in [1.165, 1.54) is 54.1 Å². The van der Waals surface area contributed by atoms with E-state index in [1.807, 2.05) is 12.1 Å². The van der Waals surface area contributed by atoms with Gasteiger partial charge in [0, 0.05) is 24.3 Å². The summed E-state index contributed by atoms with van der Waals surface area (Å²) in [5, 5.41) is 2.89. The molecule has 2 aromatic carbocycles. The smallest absolute Gasteiger partial charge is 0.255 e. The lowest BCUT2D eigenvalue weighted by molar-refractivity contribution is 0.0730. The molecule has 1 saturated heterocycles. The van der Waals surface area contributed by atoms with Gasteiger partial charge in [-0.1, -0.05) is 31.4 Å². The molecule has 2 aromatic rings. The summed E-state index contributed by atoms with van der Waals surface area (Å²) in [4.78, 5) is 12.8. The van der Waals surface area contributed by atoms with Crippen LogP contribution < -0.4 is 5.32 Å². The van der Waals surface area contributed by atoms with Crippen molar-refractivity contribution < 1.29 is 17.9 Å². The van der Waals surface area contributed by atoms with E-state index in [4.69, 9.17) is 4.74 Å². The van der Waals surface area contributed by atoms with Crippen molar-refractivity contribution in [2.24, 2.45) is 0 Å². The van der Waals surface area contributed by atoms with Crippen molar-refractivity contribution in [1.29, 1.82) is 0 Å². The van der Waals surface area contributed by atoms with Crippen LogP contribution in [0.3, 0.4) is 0 Å². The van der Waals surface area contributed by atoms with E-state index < -0.39 is 10.0 Å². The zero-order valence-corrected chi connectivity index (χ0v) is 17.9. The van der Waals surface area contributed by atoms with Crippen molar-refractivity contribution >= 4 is 21.6 Å². The highest BCUT2D eigenvalue weighted by Gasteiger charge is 2.26. The van der Waals surface area contributed by atoms with E-state index in [9.17, 15) is 13.2 Å². The molecule has 6 nitrogen and oxygen atoms in total. The predicted molar refractivity (Wildman–Crippen MR) is 116 cm³/mol. The van der Waals surface area contributed by atoms with Gasteiger partial charge in [-0.2, -0.15) is 4.31 Å². The fourth-order valence-corrected chi connectivity index (χ4v) is 5.60. The topological polar surface area (TPSA) is 75.7 Å². The molecule has 30 heavy (non-hydrogen) atoms. The first-order chi connectivity index (χ1) is 14.5. The molecule has 160 valence electrons. The first-order valence-electron chi connectivity index (χ1n) is 10.6. The molecule has 1 amide bonds. The third-order valence-corrected chi connectivity index (χ3v) is 7.88. The van der Waals surface area contributed by atoms with Crippen molar-refractivity contribution in [3.63, 3.8) is 0 Å². The van der Waals surface area contributed by atoms with Gasteiger partial charge >= 0.3 is 0 Å². The normalized spacial score (nSPS) is 18.8. The number of carbonyl (C=O) groups is 1. The number of benzene rings is 2. The molecule has 1 aliphatic heterocycles. The number of morpholine rings is 1. The van der Waals surface area contributed by atoms with Gasteiger partial charge in [-0.15, -0.1) is 0 Å². The van der Waals surface area contributed by atoms with Crippen LogP contribution in [0.4, 0.5) is 5.69 Å². The van der Waals surface area contributed by atoms with Gasteiger partial charge in [-0.3, -0.25) is 4.79 Å². The lowest BCUT2D eigenvalue weighted by Crippen LogP contribution is -2.40. The molecule has 1 saturated carbocycles. The molecule has 0 unspecified atom stereocenters. The quantitative estimate of drug-likeness (QED) is 0.781. The number of nitrogens with zero attached hydrogens (tertiary/aromatic N) is 1. The molecule has 0 radical (unpaired) electrons. The van der Waals surface area contributed by atoms with E-state index in [2.05, 4.69) is 17.4 Å². The number of amides is 1. The molecule has 1 N–H and O–H groups in total. The third kappa shape index (κ3) is 4.74. The van der Waals surface area contributed by atoms with Crippen molar-refractivity contribution in [3.05, 3.63) is 59.7 Å². The highest BCUT2D eigenvalue weighted by Crippen LogP contribution is 2.33. The maximum absolute atomic E-state index is 12.7. The van der Waals surface area contributed by atoms with Crippen LogP contribution in [0.1, 0.15) is 53.9 Å². The van der Waals surface area contributed by atoms with Gasteiger partial charge in [0.2, 0.25) is 10.0 Å². The Morgan fingerprint density at radius 1 is 0.900 bits per heavy atom. The minimum absolute atomic E-state index is 0.192. The third-order valence-electron chi connectivity index (χ3n) is 5.97. The molecule has 1 heterocycles. The molecule has 2 aliphatic rings. The fraction of sp³-hybridized carbons (Fsp3) is 0.435. The van der Waals surface area contributed by atoms with Gasteiger partial charge in [0.1, 0.15) is 0 Å². The second-order valence-electron chi connectivity index (χ2n) is 7.95. The lowest BCUT2D eigenvalue weighted by atomic mass is 9.84. The van der Waals surface area contributed by atoms with Gasteiger partial charge in [0.05, 0.1) is 18.1 Å². The molecular weight excluding hydrogens is 400 g/mol. The minimum Gasteiger partial charge on any atom is -0.379 e. The Bertz CT molecular complexity index is 959. The first-order valence-corrected chi connectivity index (χ1v) is 12.1. The molecule has 0 bridgehead atoms. The van der Waals surface area contributed by atoms with E-state index in [-0.39, 0.29) is 10.8 Å². The summed E-state index contributed by atoms with van der Waals surface area (Å²) in [5.74, 6) is 0.375. The van der Waals surface area contributed by atoms with Crippen LogP contribution in [0, 0.1) is 0 Å². The monoisotopic (exact) mass is 428 g/mol. The Morgan fingerprint density at radius 3 is 2.17 bits per heavy atom. The van der Waals surface area contributed by atoms with Gasteiger partial charge < -0.3 is 10.1 Å². The molecule has 0 aromatic heterocycles. The van der Waals surface area contributed by atoms with Crippen LogP contribution in [0.2, 0.25) is 0 Å². The van der Waals surface area contributed by atoms with Crippen LogP contribution in [-0.4, -0.2) is 44.9 Å². The SMILES string of the molecule is O=C(Nc1ccc(C2CCCCC2)cc1)c1ccc(S(=O)(=O)N2CCOCC2)cc1. The highest BCUT2D eigenvalue weighted by molar-refractivity contribution is 7.89. The molecule has 0 spiro atoms.